The van der Waals surface area contributed by atoms with E-state index in [9.17, 15) is 9.59 Å². The molecule has 15 heavy (non-hydrogen) atoms. The average molecular weight is 208 g/mol. The molecule has 0 N–H and O–H groups in total. The molecule has 0 unspecified atom stereocenters. The normalized spacial score (nSPS) is 9.47. The van der Waals surface area contributed by atoms with Crippen LogP contribution in [-0.4, -0.2) is 11.8 Å². The van der Waals surface area contributed by atoms with Gasteiger partial charge in [-0.25, -0.2) is 4.79 Å². The van der Waals surface area contributed by atoms with Crippen LogP contribution >= 0.6 is 0 Å². The Morgan fingerprint density at radius 3 is 2.20 bits per heavy atom. The van der Waals surface area contributed by atoms with Crippen molar-refractivity contribution >= 4 is 11.8 Å². The molecule has 4 nitrogen and oxygen atoms in total. The van der Waals surface area contributed by atoms with Crippen LogP contribution in [0.2, 0.25) is 0 Å². The smallest absolute Gasteiger partial charge is 0.300 e. The second-order valence-electron chi connectivity index (χ2n) is 3.18. The maximum atomic E-state index is 10.8. The van der Waals surface area contributed by atoms with E-state index in [1.54, 1.807) is 24.3 Å². The predicted octanol–water partition coefficient (Wildman–Crippen LogP) is 1.68. The number of rotatable bonds is 4. The van der Waals surface area contributed by atoms with Gasteiger partial charge >= 0.3 is 5.97 Å². The number of benzene rings is 1. The Labute approximate surface area is 87.7 Å². The predicted molar refractivity (Wildman–Crippen MR) is 53.2 cm³/mol. The highest BCUT2D eigenvalue weighted by molar-refractivity contribution is 5.78. The van der Waals surface area contributed by atoms with Crippen LogP contribution in [0.1, 0.15) is 19.4 Å². The van der Waals surface area contributed by atoms with Crippen LogP contribution < -0.4 is 4.89 Å². The molecule has 0 fully saturated rings. The zero-order valence-corrected chi connectivity index (χ0v) is 8.65. The van der Waals surface area contributed by atoms with Crippen molar-refractivity contribution in [2.75, 3.05) is 0 Å². The molecule has 0 aliphatic heterocycles. The van der Waals surface area contributed by atoms with E-state index < -0.39 is 5.97 Å². The monoisotopic (exact) mass is 208 g/mol. The second kappa shape index (κ2) is 5.14. The molecule has 0 atom stereocenters. The lowest BCUT2D eigenvalue weighted by molar-refractivity contribution is -0.210. The minimum absolute atomic E-state index is 0.101. The van der Waals surface area contributed by atoms with Gasteiger partial charge in [-0.3, -0.25) is 14.6 Å². The first kappa shape index (κ1) is 11.2. The van der Waals surface area contributed by atoms with Gasteiger partial charge in [-0.15, -0.1) is 0 Å². The molecule has 0 spiro atoms. The number of hydrogen-bond acceptors (Lipinski definition) is 4. The van der Waals surface area contributed by atoms with Gasteiger partial charge in [-0.05, 0) is 24.6 Å². The van der Waals surface area contributed by atoms with Crippen molar-refractivity contribution in [1.29, 1.82) is 0 Å². The van der Waals surface area contributed by atoms with Crippen molar-refractivity contribution in [3.63, 3.8) is 0 Å². The lowest BCUT2D eigenvalue weighted by Gasteiger charge is -2.02. The van der Waals surface area contributed by atoms with Gasteiger partial charge in [0.2, 0.25) is 0 Å². The molecule has 0 aromatic heterocycles. The van der Waals surface area contributed by atoms with E-state index in [0.717, 1.165) is 5.56 Å². The minimum Gasteiger partial charge on any atom is -0.300 e. The zero-order chi connectivity index (χ0) is 11.3. The summed E-state index contributed by atoms with van der Waals surface area (Å²) in [5.74, 6) is 0.0176. The zero-order valence-electron chi connectivity index (χ0n) is 8.65. The van der Waals surface area contributed by atoms with Crippen LogP contribution in [0.4, 0.5) is 0 Å². The highest BCUT2D eigenvalue weighted by atomic mass is 17.2. The maximum absolute atomic E-state index is 10.8. The highest BCUT2D eigenvalue weighted by Crippen LogP contribution is 2.12. The molecule has 1 aromatic carbocycles. The molecule has 0 heterocycles. The summed E-state index contributed by atoms with van der Waals surface area (Å²) in [4.78, 5) is 30.3. The van der Waals surface area contributed by atoms with E-state index in [0.29, 0.717) is 12.2 Å². The molecule has 1 aromatic rings. The molecular weight excluding hydrogens is 196 g/mol. The van der Waals surface area contributed by atoms with Crippen molar-refractivity contribution in [3.8, 4) is 5.75 Å². The topological polar surface area (TPSA) is 52.6 Å². The van der Waals surface area contributed by atoms with Crippen LogP contribution in [0.3, 0.4) is 0 Å². The van der Waals surface area contributed by atoms with E-state index >= 15 is 0 Å². The summed E-state index contributed by atoms with van der Waals surface area (Å²) in [5.41, 5.74) is 0.901. The Balaban J connectivity index is 2.56. The fourth-order valence-electron chi connectivity index (χ4n) is 1.06. The first-order valence-electron chi connectivity index (χ1n) is 4.51. The third-order valence-electron chi connectivity index (χ3n) is 1.63. The Kier molecular flexibility index (Phi) is 3.85. The Morgan fingerprint density at radius 1 is 1.13 bits per heavy atom. The molecule has 0 aliphatic carbocycles. The lowest BCUT2D eigenvalue weighted by atomic mass is 10.1. The van der Waals surface area contributed by atoms with Gasteiger partial charge in [0.25, 0.3) is 0 Å². The SMILES string of the molecule is CC(=O)Cc1ccc(OOC(C)=O)cc1. The van der Waals surface area contributed by atoms with Gasteiger partial charge in [0, 0.05) is 13.3 Å². The number of carbonyl (C=O) groups is 2. The third kappa shape index (κ3) is 4.26. The lowest BCUT2D eigenvalue weighted by Crippen LogP contribution is -2.03. The molecule has 0 radical (unpaired) electrons. The summed E-state index contributed by atoms with van der Waals surface area (Å²) in [6.07, 6.45) is 0.397. The molecule has 0 bridgehead atoms. The van der Waals surface area contributed by atoms with Gasteiger partial charge in [-0.1, -0.05) is 12.1 Å². The number of carbonyl (C=O) groups excluding carboxylic acids is 2. The van der Waals surface area contributed by atoms with Crippen molar-refractivity contribution in [3.05, 3.63) is 29.8 Å². The standard InChI is InChI=1S/C11H12O4/c1-8(12)7-10-3-5-11(6-4-10)15-14-9(2)13/h3-6H,7H2,1-2H3. The fraction of sp³-hybridized carbons (Fsp3) is 0.273. The summed E-state index contributed by atoms with van der Waals surface area (Å²) in [7, 11) is 0. The summed E-state index contributed by atoms with van der Waals surface area (Å²) < 4.78 is 0. The Morgan fingerprint density at radius 2 is 1.73 bits per heavy atom. The van der Waals surface area contributed by atoms with Crippen molar-refractivity contribution in [2.24, 2.45) is 0 Å². The molecule has 0 saturated heterocycles. The van der Waals surface area contributed by atoms with Crippen LogP contribution in [0.15, 0.2) is 24.3 Å². The number of ketones is 1. The number of hydrogen-bond donors (Lipinski definition) is 0. The van der Waals surface area contributed by atoms with E-state index in [1.165, 1.54) is 13.8 Å². The van der Waals surface area contributed by atoms with Gasteiger partial charge < -0.3 is 0 Å². The van der Waals surface area contributed by atoms with Crippen LogP contribution in [0, 0.1) is 0 Å². The van der Waals surface area contributed by atoms with E-state index in [4.69, 9.17) is 4.89 Å². The van der Waals surface area contributed by atoms with E-state index in [2.05, 4.69) is 4.89 Å². The quantitative estimate of drug-likeness (QED) is 0.558. The number of Topliss-reactive ketones (excluding diaryl/α,β-unsaturated/α-hetero) is 1. The van der Waals surface area contributed by atoms with Crippen LogP contribution in [-0.2, 0) is 20.9 Å². The molecule has 4 heteroatoms. The van der Waals surface area contributed by atoms with Gasteiger partial charge in [-0.2, -0.15) is 0 Å². The summed E-state index contributed by atoms with van der Waals surface area (Å²) in [6, 6.07) is 6.78. The minimum atomic E-state index is -0.511. The van der Waals surface area contributed by atoms with E-state index in [-0.39, 0.29) is 5.78 Å². The molecule has 0 amide bonds. The van der Waals surface area contributed by atoms with Gasteiger partial charge in [0.05, 0.1) is 0 Å². The molecule has 0 aliphatic rings. The molecule has 80 valence electrons. The largest absolute Gasteiger partial charge is 0.352 e. The molecule has 0 saturated carbocycles. The molecular formula is C11H12O4. The van der Waals surface area contributed by atoms with Gasteiger partial charge in [0.1, 0.15) is 5.78 Å². The van der Waals surface area contributed by atoms with E-state index in [1.807, 2.05) is 0 Å². The maximum Gasteiger partial charge on any atom is 0.352 e. The first-order chi connectivity index (χ1) is 7.08. The van der Waals surface area contributed by atoms with Crippen LogP contribution in [0.25, 0.3) is 0 Å². The molecule has 1 rings (SSSR count). The Hall–Kier alpha value is -1.84. The van der Waals surface area contributed by atoms with Crippen LogP contribution in [0.5, 0.6) is 5.75 Å². The summed E-state index contributed by atoms with van der Waals surface area (Å²) in [5, 5.41) is 0. The second-order valence-corrected chi connectivity index (χ2v) is 3.18. The fourth-order valence-corrected chi connectivity index (χ4v) is 1.06. The third-order valence-corrected chi connectivity index (χ3v) is 1.63. The van der Waals surface area contributed by atoms with Crippen molar-refractivity contribution in [1.82, 2.24) is 0 Å². The highest BCUT2D eigenvalue weighted by Gasteiger charge is 2.00. The summed E-state index contributed by atoms with van der Waals surface area (Å²) in [6.45, 7) is 2.79. The summed E-state index contributed by atoms with van der Waals surface area (Å²) >= 11 is 0. The van der Waals surface area contributed by atoms with Gasteiger partial charge in [0.15, 0.2) is 5.75 Å². The first-order valence-corrected chi connectivity index (χ1v) is 4.51. The van der Waals surface area contributed by atoms with Crippen molar-refractivity contribution in [2.45, 2.75) is 20.3 Å². The van der Waals surface area contributed by atoms with Crippen molar-refractivity contribution < 1.29 is 19.4 Å². The Bertz CT molecular complexity index is 353. The average Bonchev–Trinajstić information content (AvgIpc) is 2.16.